The third-order valence-electron chi connectivity index (χ3n) is 4.55. The van der Waals surface area contributed by atoms with Gasteiger partial charge in [0.15, 0.2) is 0 Å². The number of piperazine rings is 1. The monoisotopic (exact) mass is 329 g/mol. The van der Waals surface area contributed by atoms with Crippen molar-refractivity contribution in [3.63, 3.8) is 0 Å². The highest BCUT2D eigenvalue weighted by Crippen LogP contribution is 2.28. The van der Waals surface area contributed by atoms with Crippen molar-refractivity contribution in [3.8, 4) is 0 Å². The highest BCUT2D eigenvalue weighted by molar-refractivity contribution is 7.91. The van der Waals surface area contributed by atoms with Crippen LogP contribution in [0.5, 0.6) is 0 Å². The smallest absolute Gasteiger partial charge is 0.252 e. The summed E-state index contributed by atoms with van der Waals surface area (Å²) in [6.45, 7) is 3.33. The molecule has 2 aliphatic rings. The lowest BCUT2D eigenvalue weighted by atomic mass is 10.2. The summed E-state index contributed by atoms with van der Waals surface area (Å²) in [6, 6.07) is 4.18. The molecule has 1 aromatic heterocycles. The van der Waals surface area contributed by atoms with Crippen LogP contribution in [0.3, 0.4) is 0 Å². The molecule has 0 spiro atoms. The maximum absolute atomic E-state index is 12.6. The van der Waals surface area contributed by atoms with E-state index < -0.39 is 10.0 Å². The molecule has 0 bridgehead atoms. The predicted octanol–water partition coefficient (Wildman–Crippen LogP) is 1.46. The largest absolute Gasteiger partial charge is 0.326 e. The topological polar surface area (TPSA) is 66.6 Å². The lowest BCUT2D eigenvalue weighted by Gasteiger charge is -2.37. The van der Waals surface area contributed by atoms with Gasteiger partial charge in [0.1, 0.15) is 4.21 Å². The van der Waals surface area contributed by atoms with E-state index >= 15 is 0 Å². The van der Waals surface area contributed by atoms with Crippen LogP contribution >= 0.6 is 11.3 Å². The van der Waals surface area contributed by atoms with Gasteiger partial charge in [-0.25, -0.2) is 8.42 Å². The summed E-state index contributed by atoms with van der Waals surface area (Å²) in [5, 5.41) is 0. The zero-order valence-corrected chi connectivity index (χ0v) is 13.8. The van der Waals surface area contributed by atoms with Gasteiger partial charge >= 0.3 is 0 Å². The Kier molecular flexibility index (Phi) is 4.66. The Hall–Kier alpha value is -0.470. The minimum absolute atomic E-state index is 0.398. The highest BCUT2D eigenvalue weighted by atomic mass is 32.2. The molecule has 0 unspecified atom stereocenters. The van der Waals surface area contributed by atoms with Crippen molar-refractivity contribution < 1.29 is 8.42 Å². The normalized spacial score (nSPS) is 22.9. The van der Waals surface area contributed by atoms with Crippen molar-refractivity contribution in [1.29, 1.82) is 0 Å². The Morgan fingerprint density at radius 3 is 2.38 bits per heavy atom. The molecule has 1 saturated carbocycles. The van der Waals surface area contributed by atoms with Crippen molar-refractivity contribution in [2.24, 2.45) is 5.73 Å². The number of hydrogen-bond acceptors (Lipinski definition) is 5. The van der Waals surface area contributed by atoms with E-state index in [4.69, 9.17) is 5.73 Å². The maximum atomic E-state index is 12.6. The van der Waals surface area contributed by atoms with Crippen LogP contribution in [0.1, 0.15) is 30.6 Å². The molecular formula is C14H23N3O2S2. The molecule has 2 heterocycles. The molecule has 1 aliphatic carbocycles. The summed E-state index contributed by atoms with van der Waals surface area (Å²) in [7, 11) is -3.33. The molecule has 1 aromatic rings. The van der Waals surface area contributed by atoms with Gasteiger partial charge < -0.3 is 5.73 Å². The van der Waals surface area contributed by atoms with Gasteiger partial charge in [0.2, 0.25) is 0 Å². The average molecular weight is 329 g/mol. The van der Waals surface area contributed by atoms with E-state index in [1.807, 2.05) is 6.07 Å². The first kappa shape index (κ1) is 15.4. The van der Waals surface area contributed by atoms with Crippen molar-refractivity contribution in [3.05, 3.63) is 17.0 Å². The zero-order chi connectivity index (χ0) is 14.9. The van der Waals surface area contributed by atoms with E-state index in [1.165, 1.54) is 37.0 Å². The molecule has 2 N–H and O–H groups in total. The Bertz CT molecular complexity index is 571. The van der Waals surface area contributed by atoms with Crippen LogP contribution in [-0.4, -0.2) is 49.8 Å². The summed E-state index contributed by atoms with van der Waals surface area (Å²) in [4.78, 5) is 3.39. The second-order valence-corrected chi connectivity index (χ2v) is 9.14. The third-order valence-corrected chi connectivity index (χ3v) is 8.02. The van der Waals surface area contributed by atoms with E-state index in [2.05, 4.69) is 4.90 Å². The molecule has 7 heteroatoms. The second-order valence-electron chi connectivity index (χ2n) is 5.80. The molecule has 2 fully saturated rings. The average Bonchev–Trinajstić information content (AvgIpc) is 3.19. The van der Waals surface area contributed by atoms with Gasteiger partial charge in [0.25, 0.3) is 10.0 Å². The second kappa shape index (κ2) is 6.34. The molecule has 5 nitrogen and oxygen atoms in total. The van der Waals surface area contributed by atoms with Crippen LogP contribution in [-0.2, 0) is 16.6 Å². The number of rotatable bonds is 4. The standard InChI is InChI=1S/C14H23N3O2S2/c15-11-13-5-6-14(20-13)21(18,19)17-9-7-16(8-10-17)12-3-1-2-4-12/h5-6,12H,1-4,7-11,15H2. The van der Waals surface area contributed by atoms with E-state index in [-0.39, 0.29) is 0 Å². The van der Waals surface area contributed by atoms with Crippen LogP contribution in [0.15, 0.2) is 16.3 Å². The van der Waals surface area contributed by atoms with Crippen molar-refractivity contribution >= 4 is 21.4 Å². The van der Waals surface area contributed by atoms with Crippen LogP contribution in [0.2, 0.25) is 0 Å². The lowest BCUT2D eigenvalue weighted by Crippen LogP contribution is -2.51. The first-order chi connectivity index (χ1) is 10.1. The Labute approximate surface area is 130 Å². The molecule has 0 radical (unpaired) electrons. The number of thiophene rings is 1. The Balaban J connectivity index is 1.65. The quantitative estimate of drug-likeness (QED) is 0.908. The molecular weight excluding hydrogens is 306 g/mol. The van der Waals surface area contributed by atoms with Crippen LogP contribution < -0.4 is 5.73 Å². The highest BCUT2D eigenvalue weighted by Gasteiger charge is 2.32. The summed E-state index contributed by atoms with van der Waals surface area (Å²) < 4.78 is 27.3. The molecule has 0 aromatic carbocycles. The lowest BCUT2D eigenvalue weighted by molar-refractivity contribution is 0.139. The molecule has 21 heavy (non-hydrogen) atoms. The first-order valence-corrected chi connectivity index (χ1v) is 9.90. The molecule has 1 aliphatic heterocycles. The number of sulfonamides is 1. The van der Waals surface area contributed by atoms with Gasteiger partial charge in [0.05, 0.1) is 0 Å². The van der Waals surface area contributed by atoms with E-state index in [9.17, 15) is 8.42 Å². The van der Waals surface area contributed by atoms with Gasteiger partial charge in [-0.05, 0) is 25.0 Å². The summed E-state index contributed by atoms with van der Waals surface area (Å²) in [5.41, 5.74) is 5.57. The van der Waals surface area contributed by atoms with Gasteiger partial charge in [-0.2, -0.15) is 4.31 Å². The molecule has 0 amide bonds. The van der Waals surface area contributed by atoms with Crippen LogP contribution in [0.25, 0.3) is 0 Å². The van der Waals surface area contributed by atoms with Crippen LogP contribution in [0, 0.1) is 0 Å². The van der Waals surface area contributed by atoms with Gasteiger partial charge in [-0.3, -0.25) is 4.90 Å². The zero-order valence-electron chi connectivity index (χ0n) is 12.2. The number of nitrogens with two attached hydrogens (primary N) is 1. The van der Waals surface area contributed by atoms with Gasteiger partial charge in [-0.15, -0.1) is 11.3 Å². The fraction of sp³-hybridized carbons (Fsp3) is 0.714. The fourth-order valence-electron chi connectivity index (χ4n) is 3.31. The first-order valence-electron chi connectivity index (χ1n) is 7.64. The van der Waals surface area contributed by atoms with Crippen molar-refractivity contribution in [2.45, 2.75) is 42.5 Å². The number of hydrogen-bond donors (Lipinski definition) is 1. The van der Waals surface area contributed by atoms with Crippen molar-refractivity contribution in [1.82, 2.24) is 9.21 Å². The Morgan fingerprint density at radius 2 is 1.81 bits per heavy atom. The molecule has 0 atom stereocenters. The molecule has 3 rings (SSSR count). The maximum Gasteiger partial charge on any atom is 0.252 e. The fourth-order valence-corrected chi connectivity index (χ4v) is 6.12. The van der Waals surface area contributed by atoms with E-state index in [1.54, 1.807) is 10.4 Å². The Morgan fingerprint density at radius 1 is 1.14 bits per heavy atom. The van der Waals surface area contributed by atoms with Gasteiger partial charge in [0, 0.05) is 43.6 Å². The van der Waals surface area contributed by atoms with Crippen LogP contribution in [0.4, 0.5) is 0 Å². The molecule has 118 valence electrons. The number of nitrogens with zero attached hydrogens (tertiary/aromatic N) is 2. The summed E-state index contributed by atoms with van der Waals surface area (Å²) >= 11 is 1.29. The van der Waals surface area contributed by atoms with Crippen molar-refractivity contribution in [2.75, 3.05) is 26.2 Å². The summed E-state index contributed by atoms with van der Waals surface area (Å²) in [5.74, 6) is 0. The summed E-state index contributed by atoms with van der Waals surface area (Å²) in [6.07, 6.45) is 5.19. The van der Waals surface area contributed by atoms with Gasteiger partial charge in [-0.1, -0.05) is 12.8 Å². The molecule has 1 saturated heterocycles. The third kappa shape index (κ3) is 3.17. The van der Waals surface area contributed by atoms with E-state index in [0.717, 1.165) is 18.0 Å². The SMILES string of the molecule is NCc1ccc(S(=O)(=O)N2CCN(C3CCCC3)CC2)s1. The minimum Gasteiger partial charge on any atom is -0.326 e. The minimum atomic E-state index is -3.33. The predicted molar refractivity (Wildman–Crippen MR) is 84.8 cm³/mol. The van der Waals surface area contributed by atoms with E-state index in [0.29, 0.717) is 29.9 Å².